The average molecular weight is 410 g/mol. The van der Waals surface area contributed by atoms with Gasteiger partial charge in [-0.1, -0.05) is 55.6 Å². The van der Waals surface area contributed by atoms with Crippen LogP contribution in [0.2, 0.25) is 15.2 Å². The third-order valence-electron chi connectivity index (χ3n) is 2.66. The summed E-state index contributed by atoms with van der Waals surface area (Å²) in [6.07, 6.45) is 0. The molecule has 21 heavy (non-hydrogen) atoms. The zero-order valence-corrected chi connectivity index (χ0v) is 15.5. The Kier molecular flexibility index (Phi) is 5.03. The summed E-state index contributed by atoms with van der Waals surface area (Å²) in [7, 11) is 0. The maximum Gasteiger partial charge on any atom is 0.137 e. The van der Waals surface area contributed by atoms with Crippen molar-refractivity contribution in [2.24, 2.45) is 0 Å². The Hall–Kier alpha value is -0.550. The van der Waals surface area contributed by atoms with Crippen molar-refractivity contribution in [2.45, 2.75) is 26.2 Å². The quantitative estimate of drug-likeness (QED) is 0.471. The van der Waals surface area contributed by atoms with Gasteiger partial charge in [0.1, 0.15) is 16.8 Å². The van der Waals surface area contributed by atoms with Crippen LogP contribution >= 0.6 is 50.7 Å². The molecule has 0 aliphatic carbocycles. The summed E-state index contributed by atoms with van der Waals surface area (Å²) in [5.41, 5.74) is 0.446. The zero-order chi connectivity index (χ0) is 15.8. The Morgan fingerprint density at radius 3 is 2.33 bits per heavy atom. The summed E-state index contributed by atoms with van der Waals surface area (Å²) in [5.74, 6) is 1.22. The molecule has 1 heterocycles. The molecular formula is C14H13BrCl3N3. The number of anilines is 2. The molecule has 1 aromatic heterocycles. The maximum absolute atomic E-state index is 6.22. The standard InChI is InChI=1S/C14H13BrCl3N3/c1-14(2,3)13-20-9(16)6-10(21-13)19-8-5-4-7(15)11(17)12(8)18/h4-6H,1-3H3,(H,19,20,21). The minimum atomic E-state index is -0.206. The van der Waals surface area contributed by atoms with Crippen LogP contribution in [0.15, 0.2) is 22.7 Å². The summed E-state index contributed by atoms with van der Waals surface area (Å²) in [6, 6.07) is 5.26. The van der Waals surface area contributed by atoms with Gasteiger partial charge in [0.15, 0.2) is 0 Å². The highest BCUT2D eigenvalue weighted by molar-refractivity contribution is 9.10. The van der Waals surface area contributed by atoms with E-state index in [4.69, 9.17) is 34.8 Å². The molecule has 0 atom stereocenters. The van der Waals surface area contributed by atoms with E-state index in [2.05, 4.69) is 31.2 Å². The predicted octanol–water partition coefficient (Wildman–Crippen LogP) is 6.24. The second-order valence-electron chi connectivity index (χ2n) is 5.50. The van der Waals surface area contributed by atoms with Crippen LogP contribution in [0.25, 0.3) is 0 Å². The van der Waals surface area contributed by atoms with E-state index in [-0.39, 0.29) is 5.41 Å². The Bertz CT molecular complexity index is 684. The Labute approximate surface area is 147 Å². The van der Waals surface area contributed by atoms with Gasteiger partial charge in [-0.05, 0) is 28.1 Å². The first-order valence-corrected chi connectivity index (χ1v) is 8.07. The monoisotopic (exact) mass is 407 g/mol. The summed E-state index contributed by atoms with van der Waals surface area (Å²) in [5, 5.41) is 4.35. The lowest BCUT2D eigenvalue weighted by atomic mass is 9.96. The van der Waals surface area contributed by atoms with Gasteiger partial charge in [-0.15, -0.1) is 0 Å². The highest BCUT2D eigenvalue weighted by Crippen LogP contribution is 2.37. The average Bonchev–Trinajstić information content (AvgIpc) is 2.38. The molecule has 2 rings (SSSR count). The fourth-order valence-corrected chi connectivity index (χ4v) is 2.58. The highest BCUT2D eigenvalue weighted by Gasteiger charge is 2.19. The Balaban J connectivity index is 2.41. The third kappa shape index (κ3) is 4.01. The fourth-order valence-electron chi connectivity index (χ4n) is 1.58. The lowest BCUT2D eigenvalue weighted by molar-refractivity contribution is 0.546. The molecule has 0 saturated heterocycles. The van der Waals surface area contributed by atoms with E-state index in [0.717, 1.165) is 4.47 Å². The van der Waals surface area contributed by atoms with E-state index in [0.29, 0.717) is 32.5 Å². The van der Waals surface area contributed by atoms with Gasteiger partial charge in [0.25, 0.3) is 0 Å². The lowest BCUT2D eigenvalue weighted by Gasteiger charge is -2.18. The predicted molar refractivity (Wildman–Crippen MR) is 93.2 cm³/mol. The number of rotatable bonds is 2. The van der Waals surface area contributed by atoms with Crippen LogP contribution in [0.4, 0.5) is 11.5 Å². The van der Waals surface area contributed by atoms with Gasteiger partial charge in [0.05, 0.1) is 15.7 Å². The summed E-state index contributed by atoms with van der Waals surface area (Å²) < 4.78 is 0.732. The van der Waals surface area contributed by atoms with Crippen LogP contribution in [-0.4, -0.2) is 9.97 Å². The van der Waals surface area contributed by atoms with Crippen LogP contribution in [-0.2, 0) is 5.41 Å². The van der Waals surface area contributed by atoms with Crippen LogP contribution in [0.5, 0.6) is 0 Å². The van der Waals surface area contributed by atoms with E-state index in [1.54, 1.807) is 6.07 Å². The smallest absolute Gasteiger partial charge is 0.137 e. The molecule has 0 radical (unpaired) electrons. The van der Waals surface area contributed by atoms with Crippen molar-refractivity contribution in [1.29, 1.82) is 0 Å². The molecule has 0 bridgehead atoms. The normalized spacial score (nSPS) is 11.6. The van der Waals surface area contributed by atoms with Gasteiger partial charge in [0, 0.05) is 16.0 Å². The molecule has 112 valence electrons. The second kappa shape index (κ2) is 6.29. The topological polar surface area (TPSA) is 37.8 Å². The van der Waals surface area contributed by atoms with Gasteiger partial charge in [-0.2, -0.15) is 0 Å². The molecule has 0 fully saturated rings. The minimum absolute atomic E-state index is 0.206. The molecule has 1 N–H and O–H groups in total. The van der Waals surface area contributed by atoms with Gasteiger partial charge >= 0.3 is 0 Å². The highest BCUT2D eigenvalue weighted by atomic mass is 79.9. The van der Waals surface area contributed by atoms with Crippen LogP contribution in [0.3, 0.4) is 0 Å². The van der Waals surface area contributed by atoms with E-state index in [9.17, 15) is 0 Å². The van der Waals surface area contributed by atoms with Crippen molar-refractivity contribution in [1.82, 2.24) is 9.97 Å². The first-order valence-electron chi connectivity index (χ1n) is 6.14. The first kappa shape index (κ1) is 16.8. The van der Waals surface area contributed by atoms with Crippen LogP contribution in [0, 0.1) is 0 Å². The van der Waals surface area contributed by atoms with Gasteiger partial charge < -0.3 is 5.32 Å². The molecule has 0 spiro atoms. The fraction of sp³-hybridized carbons (Fsp3) is 0.286. The van der Waals surface area contributed by atoms with Gasteiger partial charge in [-0.25, -0.2) is 9.97 Å². The number of aromatic nitrogens is 2. The van der Waals surface area contributed by atoms with E-state index in [1.165, 1.54) is 0 Å². The number of halogens is 4. The molecule has 0 aliphatic heterocycles. The summed E-state index contributed by atoms with van der Waals surface area (Å²) >= 11 is 21.7. The van der Waals surface area contributed by atoms with Crippen molar-refractivity contribution in [3.05, 3.63) is 43.7 Å². The van der Waals surface area contributed by atoms with Crippen LogP contribution < -0.4 is 5.32 Å². The summed E-state index contributed by atoms with van der Waals surface area (Å²) in [4.78, 5) is 8.72. The van der Waals surface area contributed by atoms with E-state index >= 15 is 0 Å². The van der Waals surface area contributed by atoms with E-state index < -0.39 is 0 Å². The van der Waals surface area contributed by atoms with Gasteiger partial charge in [0.2, 0.25) is 0 Å². The number of nitrogens with zero attached hydrogens (tertiary/aromatic N) is 2. The second-order valence-corrected chi connectivity index (χ2v) is 7.49. The zero-order valence-electron chi connectivity index (χ0n) is 11.6. The van der Waals surface area contributed by atoms with Crippen molar-refractivity contribution >= 4 is 62.2 Å². The van der Waals surface area contributed by atoms with Crippen molar-refractivity contribution in [3.63, 3.8) is 0 Å². The maximum atomic E-state index is 6.22. The lowest BCUT2D eigenvalue weighted by Crippen LogP contribution is -2.16. The molecule has 1 aromatic carbocycles. The van der Waals surface area contributed by atoms with Crippen LogP contribution in [0.1, 0.15) is 26.6 Å². The molecule has 0 unspecified atom stereocenters. The minimum Gasteiger partial charge on any atom is -0.339 e. The van der Waals surface area contributed by atoms with Crippen molar-refractivity contribution in [3.8, 4) is 0 Å². The van der Waals surface area contributed by atoms with Crippen molar-refractivity contribution < 1.29 is 0 Å². The molecule has 7 heteroatoms. The van der Waals surface area contributed by atoms with Crippen molar-refractivity contribution in [2.75, 3.05) is 5.32 Å². The molecule has 0 amide bonds. The third-order valence-corrected chi connectivity index (χ3v) is 4.63. The number of hydrogen-bond donors (Lipinski definition) is 1. The number of benzene rings is 1. The molecule has 0 aliphatic rings. The molecular weight excluding hydrogens is 396 g/mol. The molecule has 0 saturated carbocycles. The molecule has 2 aromatic rings. The van der Waals surface area contributed by atoms with Gasteiger partial charge in [-0.3, -0.25) is 0 Å². The molecule has 3 nitrogen and oxygen atoms in total. The SMILES string of the molecule is CC(C)(C)c1nc(Cl)cc(Nc2ccc(Br)c(Cl)c2Cl)n1. The number of hydrogen-bond acceptors (Lipinski definition) is 3. The summed E-state index contributed by atoms with van der Waals surface area (Å²) in [6.45, 7) is 6.06. The first-order chi connectivity index (χ1) is 9.68. The van der Waals surface area contributed by atoms with E-state index in [1.807, 2.05) is 32.9 Å². The Morgan fingerprint density at radius 1 is 1.05 bits per heavy atom. The number of nitrogens with one attached hydrogen (secondary N) is 1. The largest absolute Gasteiger partial charge is 0.339 e. The Morgan fingerprint density at radius 2 is 1.71 bits per heavy atom.